The van der Waals surface area contributed by atoms with Crippen LogP contribution in [0, 0.1) is 5.82 Å². The van der Waals surface area contributed by atoms with Gasteiger partial charge in [-0.15, -0.1) is 11.3 Å². The van der Waals surface area contributed by atoms with Gasteiger partial charge in [-0.05, 0) is 51.2 Å². The topological polar surface area (TPSA) is 96.0 Å². The number of fused-ring (bicyclic) bond motifs is 1. The molecule has 0 saturated carbocycles. The fourth-order valence-electron chi connectivity index (χ4n) is 3.86. The molecule has 1 aliphatic rings. The third-order valence-electron chi connectivity index (χ3n) is 5.73. The summed E-state index contributed by atoms with van der Waals surface area (Å²) < 4.78 is 19.0. The van der Waals surface area contributed by atoms with Gasteiger partial charge < -0.3 is 19.9 Å². The predicted octanol–water partition coefficient (Wildman–Crippen LogP) is 4.32. The minimum atomic E-state index is -0.532. The predicted molar refractivity (Wildman–Crippen MR) is 131 cm³/mol. The Balaban J connectivity index is 1.39. The maximum Gasteiger partial charge on any atom is 0.258 e. The molecule has 0 aliphatic carbocycles. The molecule has 1 saturated heterocycles. The Labute approximate surface area is 203 Å². The molecule has 34 heavy (non-hydrogen) atoms. The molecular formula is C23H22ClFN6O2S. The van der Waals surface area contributed by atoms with Gasteiger partial charge in [0.2, 0.25) is 0 Å². The van der Waals surface area contributed by atoms with Gasteiger partial charge in [-0.25, -0.2) is 14.4 Å². The van der Waals surface area contributed by atoms with E-state index in [-0.39, 0.29) is 17.2 Å². The second kappa shape index (κ2) is 9.65. The number of aromatic amines is 1. The number of piperidine rings is 1. The van der Waals surface area contributed by atoms with Crippen LogP contribution in [0.25, 0.3) is 22.3 Å². The Morgan fingerprint density at radius 1 is 1.29 bits per heavy atom. The number of nitrogens with zero attached hydrogens (tertiary/aromatic N) is 4. The smallest absolute Gasteiger partial charge is 0.258 e. The third kappa shape index (κ3) is 4.89. The van der Waals surface area contributed by atoms with Crippen molar-refractivity contribution in [3.63, 3.8) is 0 Å². The van der Waals surface area contributed by atoms with Gasteiger partial charge >= 0.3 is 0 Å². The maximum atomic E-state index is 13.4. The van der Waals surface area contributed by atoms with Crippen molar-refractivity contribution in [2.24, 2.45) is 0 Å². The van der Waals surface area contributed by atoms with Crippen LogP contribution in [-0.2, 0) is 6.61 Å². The van der Waals surface area contributed by atoms with E-state index >= 15 is 0 Å². The van der Waals surface area contributed by atoms with Crippen LogP contribution in [0.3, 0.4) is 0 Å². The molecule has 0 spiro atoms. The molecule has 0 atom stereocenters. The van der Waals surface area contributed by atoms with Crippen molar-refractivity contribution in [2.45, 2.75) is 25.5 Å². The number of aromatic nitrogens is 4. The normalized spacial score (nSPS) is 15.0. The van der Waals surface area contributed by atoms with E-state index < -0.39 is 5.82 Å². The monoisotopic (exact) mass is 500 g/mol. The molecule has 2 N–H and O–H groups in total. The van der Waals surface area contributed by atoms with Crippen molar-refractivity contribution >= 4 is 39.0 Å². The first kappa shape index (κ1) is 22.7. The molecule has 0 unspecified atom stereocenters. The van der Waals surface area contributed by atoms with E-state index in [1.54, 1.807) is 12.3 Å². The number of pyridine rings is 1. The van der Waals surface area contributed by atoms with E-state index in [1.165, 1.54) is 29.5 Å². The van der Waals surface area contributed by atoms with Crippen molar-refractivity contribution in [3.05, 3.63) is 62.9 Å². The summed E-state index contributed by atoms with van der Waals surface area (Å²) in [5.41, 5.74) is 1.33. The molecule has 1 fully saturated rings. The van der Waals surface area contributed by atoms with Gasteiger partial charge in [0, 0.05) is 23.7 Å². The number of rotatable bonds is 6. The Kier molecular flexibility index (Phi) is 6.44. The summed E-state index contributed by atoms with van der Waals surface area (Å²) >= 11 is 7.32. The lowest BCUT2D eigenvalue weighted by Crippen LogP contribution is -2.36. The first-order valence-electron chi connectivity index (χ1n) is 10.8. The molecule has 0 amide bonds. The highest BCUT2D eigenvalue weighted by Crippen LogP contribution is 2.29. The lowest BCUT2D eigenvalue weighted by Gasteiger charge is -2.29. The molecule has 4 heterocycles. The first-order valence-corrected chi connectivity index (χ1v) is 12.1. The van der Waals surface area contributed by atoms with Gasteiger partial charge in [-0.3, -0.25) is 9.78 Å². The number of halogens is 2. The van der Waals surface area contributed by atoms with Gasteiger partial charge in [-0.1, -0.05) is 11.6 Å². The van der Waals surface area contributed by atoms with Crippen LogP contribution in [0.1, 0.15) is 18.7 Å². The zero-order chi connectivity index (χ0) is 23.7. The fraction of sp³-hybridized carbons (Fsp3) is 0.304. The summed E-state index contributed by atoms with van der Waals surface area (Å²) in [6.45, 7) is 2.09. The highest BCUT2D eigenvalue weighted by molar-refractivity contribution is 7.14. The number of hydrogen-bond acceptors (Lipinski definition) is 8. The van der Waals surface area contributed by atoms with E-state index in [9.17, 15) is 9.18 Å². The highest BCUT2D eigenvalue weighted by atomic mass is 35.5. The molecule has 0 radical (unpaired) electrons. The van der Waals surface area contributed by atoms with Crippen LogP contribution in [0.2, 0.25) is 5.02 Å². The second-order valence-electron chi connectivity index (χ2n) is 8.19. The molecule has 0 bridgehead atoms. The number of likely N-dealkylation sites (tertiary alicyclic amines) is 1. The van der Waals surface area contributed by atoms with Crippen LogP contribution >= 0.6 is 22.9 Å². The Morgan fingerprint density at radius 2 is 2.12 bits per heavy atom. The number of anilines is 1. The summed E-state index contributed by atoms with van der Waals surface area (Å²) in [7, 11) is 2.13. The van der Waals surface area contributed by atoms with Gasteiger partial charge in [0.05, 0.1) is 10.4 Å². The van der Waals surface area contributed by atoms with E-state index in [0.717, 1.165) is 31.1 Å². The minimum absolute atomic E-state index is 0.0263. The number of ether oxygens (including phenoxy) is 1. The summed E-state index contributed by atoms with van der Waals surface area (Å²) in [4.78, 5) is 31.5. The molecular weight excluding hydrogens is 479 g/mol. The average molecular weight is 501 g/mol. The second-order valence-corrected chi connectivity index (χ2v) is 9.46. The molecule has 4 aromatic rings. The van der Waals surface area contributed by atoms with Crippen molar-refractivity contribution in [3.8, 4) is 17.1 Å². The Bertz CT molecular complexity index is 1390. The molecule has 176 valence electrons. The van der Waals surface area contributed by atoms with E-state index in [4.69, 9.17) is 21.3 Å². The average Bonchev–Trinajstić information content (AvgIpc) is 3.29. The summed E-state index contributed by atoms with van der Waals surface area (Å²) in [6, 6.07) is 6.06. The lowest BCUT2D eigenvalue weighted by atomic mass is 10.1. The van der Waals surface area contributed by atoms with Crippen molar-refractivity contribution in [1.82, 2.24) is 24.8 Å². The first-order chi connectivity index (χ1) is 16.5. The fourth-order valence-corrected chi connectivity index (χ4v) is 4.81. The minimum Gasteiger partial charge on any atom is -0.486 e. The Hall–Kier alpha value is -3.08. The van der Waals surface area contributed by atoms with Crippen LogP contribution in [0.4, 0.5) is 9.52 Å². The van der Waals surface area contributed by atoms with Crippen LogP contribution in [0.15, 0.2) is 40.6 Å². The number of hydrogen-bond donors (Lipinski definition) is 2. The molecule has 8 nitrogen and oxygen atoms in total. The number of H-pyrrole nitrogens is 1. The van der Waals surface area contributed by atoms with Crippen LogP contribution in [0.5, 0.6) is 5.75 Å². The van der Waals surface area contributed by atoms with Crippen molar-refractivity contribution < 1.29 is 9.13 Å². The summed E-state index contributed by atoms with van der Waals surface area (Å²) in [5, 5.41) is 6.62. The quantitative estimate of drug-likeness (QED) is 0.407. The zero-order valence-corrected chi connectivity index (χ0v) is 19.9. The Morgan fingerprint density at radius 3 is 2.91 bits per heavy atom. The highest BCUT2D eigenvalue weighted by Gasteiger charge is 2.19. The van der Waals surface area contributed by atoms with E-state index in [2.05, 4.69) is 32.2 Å². The molecule has 11 heteroatoms. The van der Waals surface area contributed by atoms with Crippen molar-refractivity contribution in [1.29, 1.82) is 0 Å². The lowest BCUT2D eigenvalue weighted by molar-refractivity contribution is 0.264. The SMILES string of the molecule is CN1CCC(Nc2nc(-c3nccc4c(=O)[nH]c(COc5ccc(F)c(Cl)c5)nc34)cs2)CC1. The molecule has 1 aromatic carbocycles. The summed E-state index contributed by atoms with van der Waals surface area (Å²) in [5.74, 6) is 0.145. The standard InChI is InChI=1S/C23H22ClFN6O2S/c1-31-8-5-13(6-9-31)27-23-28-18(12-34-23)21-20-15(4-7-26-21)22(32)30-19(29-20)11-33-14-2-3-17(25)16(24)10-14/h2-4,7,10,12-13H,5-6,8-9,11H2,1H3,(H,27,28)(H,29,30,32). The number of benzene rings is 1. The summed E-state index contributed by atoms with van der Waals surface area (Å²) in [6.07, 6.45) is 3.71. The van der Waals surface area contributed by atoms with Gasteiger partial charge in [-0.2, -0.15) is 0 Å². The number of thiazole rings is 1. The van der Waals surface area contributed by atoms with Crippen LogP contribution in [-0.4, -0.2) is 51.0 Å². The van der Waals surface area contributed by atoms with Gasteiger partial charge in [0.15, 0.2) is 5.13 Å². The van der Waals surface area contributed by atoms with E-state index in [1.807, 2.05) is 5.38 Å². The van der Waals surface area contributed by atoms with Crippen molar-refractivity contribution in [2.75, 3.05) is 25.5 Å². The molecule has 5 rings (SSSR count). The maximum absolute atomic E-state index is 13.4. The largest absolute Gasteiger partial charge is 0.486 e. The van der Waals surface area contributed by atoms with E-state index in [0.29, 0.717) is 39.9 Å². The number of nitrogens with one attached hydrogen (secondary N) is 2. The molecule has 1 aliphatic heterocycles. The third-order valence-corrected chi connectivity index (χ3v) is 6.80. The van der Waals surface area contributed by atoms with Crippen LogP contribution < -0.4 is 15.6 Å². The zero-order valence-electron chi connectivity index (χ0n) is 18.3. The van der Waals surface area contributed by atoms with Gasteiger partial charge in [0.25, 0.3) is 5.56 Å². The van der Waals surface area contributed by atoms with Gasteiger partial charge in [0.1, 0.15) is 40.9 Å². The molecule has 3 aromatic heterocycles.